The van der Waals surface area contributed by atoms with Gasteiger partial charge < -0.3 is 9.84 Å². The van der Waals surface area contributed by atoms with Gasteiger partial charge in [-0.1, -0.05) is 0 Å². The number of hydrogen-bond acceptors (Lipinski definition) is 3. The molecule has 6 heteroatoms. The first-order valence-electron chi connectivity index (χ1n) is 2.89. The number of aliphatic hydroxyl groups excluding tert-OH is 1. The van der Waals surface area contributed by atoms with Gasteiger partial charge in [-0.15, -0.1) is 0 Å². The maximum Gasteiger partial charge on any atom is 0.393 e. The van der Waals surface area contributed by atoms with Gasteiger partial charge >= 0.3 is 12.1 Å². The number of carbonyl (C=O) groups is 1. The fourth-order valence-corrected chi connectivity index (χ4v) is 0.518. The van der Waals surface area contributed by atoms with Crippen LogP contribution in [0.1, 0.15) is 6.42 Å². The van der Waals surface area contributed by atoms with E-state index in [0.717, 1.165) is 7.11 Å². The molecule has 0 bridgehead atoms. The Hall–Kier alpha value is -1.20. The second-order valence-corrected chi connectivity index (χ2v) is 1.94. The van der Waals surface area contributed by atoms with Crippen LogP contribution in [0.2, 0.25) is 0 Å². The van der Waals surface area contributed by atoms with Crippen LogP contribution in [0.25, 0.3) is 0 Å². The number of esters is 1. The van der Waals surface area contributed by atoms with Crippen LogP contribution in [-0.2, 0) is 9.53 Å². The normalized spacial score (nSPS) is 12.8. The van der Waals surface area contributed by atoms with Gasteiger partial charge in [-0.2, -0.15) is 13.2 Å². The fraction of sp³-hybridized carbons (Fsp3) is 0.500. The van der Waals surface area contributed by atoms with Crippen molar-refractivity contribution in [2.75, 3.05) is 7.11 Å². The second kappa shape index (κ2) is 3.99. The van der Waals surface area contributed by atoms with Crippen LogP contribution in [0.3, 0.4) is 0 Å². The summed E-state index contributed by atoms with van der Waals surface area (Å²) in [5, 5.41) is 8.23. The van der Waals surface area contributed by atoms with Gasteiger partial charge in [0.05, 0.1) is 25.4 Å². The Morgan fingerprint density at radius 3 is 2.33 bits per heavy atom. The third-order valence-electron chi connectivity index (χ3n) is 0.994. The summed E-state index contributed by atoms with van der Waals surface area (Å²) in [7, 11) is 0.933. The maximum absolute atomic E-state index is 11.6. The van der Waals surface area contributed by atoms with Crippen molar-refractivity contribution < 1.29 is 27.8 Å². The molecule has 0 aliphatic heterocycles. The molecule has 0 heterocycles. The number of halogens is 3. The Balaban J connectivity index is 4.31. The minimum absolute atomic E-state index is 0.0966. The average Bonchev–Trinajstić information content (AvgIpc) is 1.97. The molecule has 0 saturated heterocycles. The maximum atomic E-state index is 11.6. The molecule has 0 aromatic rings. The largest absolute Gasteiger partial charge is 0.515 e. The lowest BCUT2D eigenvalue weighted by molar-refractivity contribution is -0.145. The fourth-order valence-electron chi connectivity index (χ4n) is 0.518. The van der Waals surface area contributed by atoms with E-state index in [-0.39, 0.29) is 6.26 Å². The zero-order chi connectivity index (χ0) is 9.78. The van der Waals surface area contributed by atoms with Gasteiger partial charge in [0.1, 0.15) is 0 Å². The minimum atomic E-state index is -4.53. The van der Waals surface area contributed by atoms with Crippen LogP contribution in [-0.4, -0.2) is 24.4 Å². The van der Waals surface area contributed by atoms with Crippen LogP contribution in [0, 0.1) is 0 Å². The lowest BCUT2D eigenvalue weighted by Gasteiger charge is -2.06. The third-order valence-corrected chi connectivity index (χ3v) is 0.994. The van der Waals surface area contributed by atoms with Crippen LogP contribution < -0.4 is 0 Å². The predicted molar refractivity (Wildman–Crippen MR) is 33.4 cm³/mol. The van der Waals surface area contributed by atoms with Crippen molar-refractivity contribution >= 4 is 5.97 Å². The van der Waals surface area contributed by atoms with Gasteiger partial charge in [0.15, 0.2) is 0 Å². The zero-order valence-corrected chi connectivity index (χ0v) is 6.18. The van der Waals surface area contributed by atoms with Crippen LogP contribution in [0.4, 0.5) is 13.2 Å². The Morgan fingerprint density at radius 1 is 1.58 bits per heavy atom. The lowest BCUT2D eigenvalue weighted by Crippen LogP contribution is -2.15. The molecule has 0 aromatic carbocycles. The molecule has 0 amide bonds. The highest BCUT2D eigenvalue weighted by molar-refractivity contribution is 5.88. The summed E-state index contributed by atoms with van der Waals surface area (Å²) in [5.41, 5.74) is -0.815. The molecule has 0 aromatic heterocycles. The van der Waals surface area contributed by atoms with Gasteiger partial charge in [0.2, 0.25) is 0 Å². The van der Waals surface area contributed by atoms with E-state index in [9.17, 15) is 18.0 Å². The number of methoxy groups -OCH3 is 1. The molecule has 0 aliphatic rings. The van der Waals surface area contributed by atoms with E-state index >= 15 is 0 Å². The number of aliphatic hydroxyl groups is 1. The van der Waals surface area contributed by atoms with E-state index in [4.69, 9.17) is 5.11 Å². The first kappa shape index (κ1) is 10.8. The highest BCUT2D eigenvalue weighted by Crippen LogP contribution is 2.24. The van der Waals surface area contributed by atoms with Crippen molar-refractivity contribution in [1.82, 2.24) is 0 Å². The van der Waals surface area contributed by atoms with E-state index in [1.807, 2.05) is 0 Å². The Kier molecular flexibility index (Phi) is 3.59. The number of rotatable bonds is 2. The van der Waals surface area contributed by atoms with Crippen molar-refractivity contribution in [2.24, 2.45) is 0 Å². The summed E-state index contributed by atoms with van der Waals surface area (Å²) >= 11 is 0. The molecule has 12 heavy (non-hydrogen) atoms. The van der Waals surface area contributed by atoms with Crippen LogP contribution in [0.5, 0.6) is 0 Å². The van der Waals surface area contributed by atoms with Crippen molar-refractivity contribution in [2.45, 2.75) is 12.6 Å². The molecule has 0 saturated carbocycles. The summed E-state index contributed by atoms with van der Waals surface area (Å²) in [4.78, 5) is 10.5. The SMILES string of the molecule is COC(=O)C(=CO)CC(F)(F)F. The van der Waals surface area contributed by atoms with Crippen molar-refractivity contribution in [1.29, 1.82) is 0 Å². The molecule has 0 aliphatic carbocycles. The predicted octanol–water partition coefficient (Wildman–Crippen LogP) is 1.55. The molecule has 3 nitrogen and oxygen atoms in total. The molecule has 1 N–H and O–H groups in total. The standard InChI is InChI=1S/C6H7F3O3/c1-12-5(11)4(3-10)2-6(7,8)9/h3,10H,2H2,1H3. The van der Waals surface area contributed by atoms with Gasteiger partial charge in [0, 0.05) is 0 Å². The number of carbonyl (C=O) groups excluding carboxylic acids is 1. The van der Waals surface area contributed by atoms with Crippen molar-refractivity contribution in [3.05, 3.63) is 11.8 Å². The first-order chi connectivity index (χ1) is 5.40. The summed E-state index contributed by atoms with van der Waals surface area (Å²) in [5.74, 6) is -1.19. The number of hydrogen-bond donors (Lipinski definition) is 1. The summed E-state index contributed by atoms with van der Waals surface area (Å²) in [6.45, 7) is 0. The topological polar surface area (TPSA) is 46.5 Å². The van der Waals surface area contributed by atoms with E-state index in [1.165, 1.54) is 0 Å². The molecular weight excluding hydrogens is 177 g/mol. The monoisotopic (exact) mass is 184 g/mol. The first-order valence-corrected chi connectivity index (χ1v) is 2.89. The molecule has 0 spiro atoms. The highest BCUT2D eigenvalue weighted by atomic mass is 19.4. The van der Waals surface area contributed by atoms with Crippen LogP contribution >= 0.6 is 0 Å². The van der Waals surface area contributed by atoms with Crippen molar-refractivity contribution in [3.63, 3.8) is 0 Å². The number of alkyl halides is 3. The second-order valence-electron chi connectivity index (χ2n) is 1.94. The Morgan fingerprint density at radius 2 is 2.08 bits per heavy atom. The quantitative estimate of drug-likeness (QED) is 0.402. The van der Waals surface area contributed by atoms with E-state index in [1.54, 1.807) is 0 Å². The molecule has 0 atom stereocenters. The highest BCUT2D eigenvalue weighted by Gasteiger charge is 2.32. The molecule has 0 rings (SSSR count). The molecule has 0 fully saturated rings. The summed E-state index contributed by atoms with van der Waals surface area (Å²) in [6.07, 6.45) is -5.92. The van der Waals surface area contributed by atoms with E-state index < -0.39 is 24.1 Å². The third kappa shape index (κ3) is 3.85. The lowest BCUT2D eigenvalue weighted by atomic mass is 10.2. The van der Waals surface area contributed by atoms with E-state index in [2.05, 4.69) is 4.74 Å². The van der Waals surface area contributed by atoms with Crippen LogP contribution in [0.15, 0.2) is 11.8 Å². The zero-order valence-electron chi connectivity index (χ0n) is 6.18. The minimum Gasteiger partial charge on any atom is -0.515 e. The van der Waals surface area contributed by atoms with Gasteiger partial charge in [0.25, 0.3) is 0 Å². The number of ether oxygens (including phenoxy) is 1. The van der Waals surface area contributed by atoms with E-state index in [0.29, 0.717) is 0 Å². The molecule has 0 unspecified atom stereocenters. The van der Waals surface area contributed by atoms with Gasteiger partial charge in [-0.25, -0.2) is 4.79 Å². The molecule has 70 valence electrons. The summed E-state index contributed by atoms with van der Waals surface area (Å²) in [6, 6.07) is 0. The van der Waals surface area contributed by atoms with Crippen molar-refractivity contribution in [3.8, 4) is 0 Å². The average molecular weight is 184 g/mol. The Bertz CT molecular complexity index is 195. The summed E-state index contributed by atoms with van der Waals surface area (Å²) < 4.78 is 38.9. The molecule has 0 radical (unpaired) electrons. The Labute approximate surface area is 66.4 Å². The molecular formula is C6H7F3O3. The smallest absolute Gasteiger partial charge is 0.393 e. The van der Waals surface area contributed by atoms with Gasteiger partial charge in [-0.05, 0) is 0 Å². The van der Waals surface area contributed by atoms with Gasteiger partial charge in [-0.3, -0.25) is 0 Å².